The summed E-state index contributed by atoms with van der Waals surface area (Å²) in [6.07, 6.45) is 1.66. The molecule has 1 saturated heterocycles. The molecule has 1 fully saturated rings. The van der Waals surface area contributed by atoms with Gasteiger partial charge >= 0.3 is 0 Å². The molecule has 3 rings (SSSR count). The fourth-order valence-electron chi connectivity index (χ4n) is 3.68. The number of carbonyl (C=O) groups excluding carboxylic acids is 1. The predicted molar refractivity (Wildman–Crippen MR) is 119 cm³/mol. The van der Waals surface area contributed by atoms with Crippen molar-refractivity contribution in [2.75, 3.05) is 20.1 Å². The van der Waals surface area contributed by atoms with Gasteiger partial charge < -0.3 is 15.5 Å². The number of hydrogen-bond acceptors (Lipinski definition) is 2. The van der Waals surface area contributed by atoms with E-state index in [2.05, 4.69) is 78.0 Å². The van der Waals surface area contributed by atoms with Gasteiger partial charge in [-0.1, -0.05) is 61.0 Å². The Bertz CT molecular complexity index is 861. The summed E-state index contributed by atoms with van der Waals surface area (Å²) in [6.45, 7) is 7.43. The monoisotopic (exact) mass is 392 g/mol. The van der Waals surface area contributed by atoms with Gasteiger partial charge in [-0.2, -0.15) is 0 Å². The summed E-state index contributed by atoms with van der Waals surface area (Å²) < 4.78 is 0. The van der Waals surface area contributed by atoms with Crippen LogP contribution in [0.3, 0.4) is 0 Å². The van der Waals surface area contributed by atoms with Crippen LogP contribution in [0.1, 0.15) is 47.9 Å². The Kier molecular flexibility index (Phi) is 7.28. The molecule has 2 aromatic carbocycles. The molecule has 0 aliphatic carbocycles. The topological polar surface area (TPSA) is 56.7 Å². The van der Waals surface area contributed by atoms with Crippen LogP contribution in [-0.2, 0) is 17.9 Å². The molecule has 0 saturated carbocycles. The second-order valence-electron chi connectivity index (χ2n) is 7.86. The largest absolute Gasteiger partial charge is 0.356 e. The van der Waals surface area contributed by atoms with Crippen LogP contribution in [0.15, 0.2) is 53.5 Å². The molecule has 5 heteroatoms. The molecule has 0 spiro atoms. The lowest BCUT2D eigenvalue weighted by molar-refractivity contribution is -0.128. The quantitative estimate of drug-likeness (QED) is 0.559. The standard InChI is InChI=1S/C24H32N4O/c1-18-7-4-10-22(13-18)19(2)15-26-24(25-3)27-16-20-8-5-9-21(14-20)17-28-12-6-11-23(28)29/h4-5,7-10,13-14,19H,6,11-12,15-17H2,1-3H3,(H2,25,26,27). The van der Waals surface area contributed by atoms with Crippen LogP contribution in [0, 0.1) is 6.92 Å². The maximum Gasteiger partial charge on any atom is 0.222 e. The van der Waals surface area contributed by atoms with Crippen LogP contribution in [-0.4, -0.2) is 36.9 Å². The van der Waals surface area contributed by atoms with Gasteiger partial charge in [0, 0.05) is 39.6 Å². The van der Waals surface area contributed by atoms with Crippen molar-refractivity contribution < 1.29 is 4.79 Å². The Hall–Kier alpha value is -2.82. The summed E-state index contributed by atoms with van der Waals surface area (Å²) in [5, 5.41) is 6.81. The van der Waals surface area contributed by atoms with Gasteiger partial charge in [0.2, 0.25) is 5.91 Å². The molecule has 1 unspecified atom stereocenters. The number of nitrogens with zero attached hydrogens (tertiary/aromatic N) is 2. The number of carbonyl (C=O) groups is 1. The molecular formula is C24H32N4O. The molecule has 154 valence electrons. The van der Waals surface area contributed by atoms with E-state index in [1.807, 2.05) is 4.90 Å². The van der Waals surface area contributed by atoms with Gasteiger partial charge in [-0.25, -0.2) is 0 Å². The van der Waals surface area contributed by atoms with Crippen molar-refractivity contribution in [3.8, 4) is 0 Å². The zero-order chi connectivity index (χ0) is 20.6. The van der Waals surface area contributed by atoms with Gasteiger partial charge in [-0.15, -0.1) is 0 Å². The van der Waals surface area contributed by atoms with E-state index >= 15 is 0 Å². The lowest BCUT2D eigenvalue weighted by Crippen LogP contribution is -2.38. The lowest BCUT2D eigenvalue weighted by atomic mass is 9.99. The number of nitrogens with one attached hydrogen (secondary N) is 2. The molecule has 29 heavy (non-hydrogen) atoms. The molecule has 1 heterocycles. The molecule has 0 bridgehead atoms. The van der Waals surface area contributed by atoms with Crippen molar-refractivity contribution in [2.45, 2.75) is 45.7 Å². The third kappa shape index (κ3) is 6.08. The number of guanidine groups is 1. The van der Waals surface area contributed by atoms with Gasteiger partial charge in [0.15, 0.2) is 5.96 Å². The summed E-state index contributed by atoms with van der Waals surface area (Å²) in [5.41, 5.74) is 4.98. The summed E-state index contributed by atoms with van der Waals surface area (Å²) in [7, 11) is 1.79. The van der Waals surface area contributed by atoms with Crippen molar-refractivity contribution in [1.82, 2.24) is 15.5 Å². The number of amides is 1. The fourth-order valence-corrected chi connectivity index (χ4v) is 3.68. The first-order chi connectivity index (χ1) is 14.0. The van der Waals surface area contributed by atoms with Crippen LogP contribution in [0.4, 0.5) is 0 Å². The van der Waals surface area contributed by atoms with Gasteiger partial charge in [0.05, 0.1) is 0 Å². The van der Waals surface area contributed by atoms with E-state index in [4.69, 9.17) is 0 Å². The molecule has 0 aromatic heterocycles. The number of aryl methyl sites for hydroxylation is 1. The van der Waals surface area contributed by atoms with E-state index in [1.165, 1.54) is 22.3 Å². The molecule has 1 amide bonds. The number of rotatable bonds is 7. The van der Waals surface area contributed by atoms with Crippen LogP contribution in [0.5, 0.6) is 0 Å². The van der Waals surface area contributed by atoms with Crippen molar-refractivity contribution in [1.29, 1.82) is 0 Å². The number of likely N-dealkylation sites (tertiary alicyclic amines) is 1. The SMILES string of the molecule is CN=C(NCc1cccc(CN2CCCC2=O)c1)NCC(C)c1cccc(C)c1. The smallest absolute Gasteiger partial charge is 0.222 e. The first-order valence-electron chi connectivity index (χ1n) is 10.4. The van der Waals surface area contributed by atoms with E-state index in [0.29, 0.717) is 25.4 Å². The number of benzene rings is 2. The highest BCUT2D eigenvalue weighted by molar-refractivity contribution is 5.79. The van der Waals surface area contributed by atoms with Gasteiger partial charge in [0.1, 0.15) is 0 Å². The summed E-state index contributed by atoms with van der Waals surface area (Å²) in [6, 6.07) is 17.1. The average molecular weight is 393 g/mol. The highest BCUT2D eigenvalue weighted by atomic mass is 16.2. The summed E-state index contributed by atoms with van der Waals surface area (Å²) in [5.74, 6) is 1.46. The molecule has 1 atom stereocenters. The Morgan fingerprint density at radius 3 is 2.66 bits per heavy atom. The second kappa shape index (κ2) is 10.1. The Labute approximate surface area is 174 Å². The summed E-state index contributed by atoms with van der Waals surface area (Å²) in [4.78, 5) is 18.1. The van der Waals surface area contributed by atoms with Crippen molar-refractivity contribution in [3.63, 3.8) is 0 Å². The van der Waals surface area contributed by atoms with E-state index in [1.54, 1.807) is 7.05 Å². The number of aliphatic imine (C=N–C) groups is 1. The Balaban J connectivity index is 1.50. The maximum atomic E-state index is 11.9. The molecule has 0 radical (unpaired) electrons. The minimum atomic E-state index is 0.265. The molecule has 2 aromatic rings. The normalized spacial score (nSPS) is 15.5. The highest BCUT2D eigenvalue weighted by Crippen LogP contribution is 2.16. The fraction of sp³-hybridized carbons (Fsp3) is 0.417. The first-order valence-corrected chi connectivity index (χ1v) is 10.4. The van der Waals surface area contributed by atoms with Crippen molar-refractivity contribution in [2.24, 2.45) is 4.99 Å². The Morgan fingerprint density at radius 2 is 1.93 bits per heavy atom. The maximum absolute atomic E-state index is 11.9. The predicted octanol–water partition coefficient (Wildman–Crippen LogP) is 3.59. The molecule has 2 N–H and O–H groups in total. The lowest BCUT2D eigenvalue weighted by Gasteiger charge is -2.18. The minimum Gasteiger partial charge on any atom is -0.356 e. The van der Waals surface area contributed by atoms with Crippen LogP contribution in [0.25, 0.3) is 0 Å². The molecular weight excluding hydrogens is 360 g/mol. The molecule has 5 nitrogen and oxygen atoms in total. The van der Waals surface area contributed by atoms with Crippen molar-refractivity contribution in [3.05, 3.63) is 70.8 Å². The Morgan fingerprint density at radius 1 is 1.14 bits per heavy atom. The highest BCUT2D eigenvalue weighted by Gasteiger charge is 2.19. The molecule has 1 aliphatic rings. The van der Waals surface area contributed by atoms with E-state index in [-0.39, 0.29) is 5.91 Å². The minimum absolute atomic E-state index is 0.265. The van der Waals surface area contributed by atoms with E-state index in [9.17, 15) is 4.79 Å². The van der Waals surface area contributed by atoms with Gasteiger partial charge in [-0.05, 0) is 36.0 Å². The summed E-state index contributed by atoms with van der Waals surface area (Å²) >= 11 is 0. The third-order valence-corrected chi connectivity index (χ3v) is 5.41. The second-order valence-corrected chi connectivity index (χ2v) is 7.86. The van der Waals surface area contributed by atoms with Crippen LogP contribution < -0.4 is 10.6 Å². The zero-order valence-corrected chi connectivity index (χ0v) is 17.7. The van der Waals surface area contributed by atoms with Crippen molar-refractivity contribution >= 4 is 11.9 Å². The van der Waals surface area contributed by atoms with Crippen LogP contribution >= 0.6 is 0 Å². The van der Waals surface area contributed by atoms with Gasteiger partial charge in [0.25, 0.3) is 0 Å². The average Bonchev–Trinajstić information content (AvgIpc) is 3.12. The number of hydrogen-bond donors (Lipinski definition) is 2. The zero-order valence-electron chi connectivity index (χ0n) is 17.7. The third-order valence-electron chi connectivity index (χ3n) is 5.41. The van der Waals surface area contributed by atoms with E-state index < -0.39 is 0 Å². The first kappa shape index (κ1) is 20.9. The van der Waals surface area contributed by atoms with Gasteiger partial charge in [-0.3, -0.25) is 9.79 Å². The van der Waals surface area contributed by atoms with Crippen LogP contribution in [0.2, 0.25) is 0 Å². The van der Waals surface area contributed by atoms with E-state index in [0.717, 1.165) is 25.5 Å². The molecule has 1 aliphatic heterocycles.